The van der Waals surface area contributed by atoms with Gasteiger partial charge >= 0.3 is 0 Å². The summed E-state index contributed by atoms with van der Waals surface area (Å²) in [6.45, 7) is 1.96. The van der Waals surface area contributed by atoms with Crippen LogP contribution in [0, 0.1) is 0 Å². The van der Waals surface area contributed by atoms with Crippen LogP contribution in [0.15, 0.2) is 47.2 Å². The molecule has 0 spiro atoms. The summed E-state index contributed by atoms with van der Waals surface area (Å²) in [5.41, 5.74) is 1.57. The van der Waals surface area contributed by atoms with Crippen LogP contribution >= 0.6 is 0 Å². The molecule has 1 unspecified atom stereocenters. The van der Waals surface area contributed by atoms with Gasteiger partial charge in [-0.05, 0) is 18.4 Å². The third kappa shape index (κ3) is 3.31. The van der Waals surface area contributed by atoms with E-state index < -0.39 is 0 Å². The first-order valence-electron chi connectivity index (χ1n) is 7.17. The van der Waals surface area contributed by atoms with Crippen molar-refractivity contribution in [2.45, 2.75) is 18.9 Å². The highest BCUT2D eigenvalue weighted by atomic mass is 16.5. The third-order valence-electron chi connectivity index (χ3n) is 3.75. The largest absolute Gasteiger partial charge is 0.379 e. The molecule has 0 radical (unpaired) electrons. The third-order valence-corrected chi connectivity index (χ3v) is 3.75. The number of nitrogens with zero attached hydrogens (tertiary/aromatic N) is 2. The Morgan fingerprint density at radius 3 is 2.81 bits per heavy atom. The van der Waals surface area contributed by atoms with E-state index in [1.54, 1.807) is 6.07 Å². The Balaban J connectivity index is 1.71. The van der Waals surface area contributed by atoms with Gasteiger partial charge in [0.2, 0.25) is 0 Å². The van der Waals surface area contributed by atoms with E-state index in [4.69, 9.17) is 9.26 Å². The van der Waals surface area contributed by atoms with Gasteiger partial charge in [-0.1, -0.05) is 35.5 Å². The number of carbonyl (C=O) groups excluding carboxylic acids is 1. The minimum absolute atomic E-state index is 0.0878. The number of hydrogen-bond acceptors (Lipinski definition) is 4. The number of ether oxygens (including phenoxy) is 1. The van der Waals surface area contributed by atoms with E-state index in [0.717, 1.165) is 12.8 Å². The molecule has 0 N–H and O–H groups in total. The Labute approximate surface area is 123 Å². The van der Waals surface area contributed by atoms with Gasteiger partial charge in [0, 0.05) is 19.2 Å². The Kier molecular flexibility index (Phi) is 4.31. The molecule has 21 heavy (non-hydrogen) atoms. The molecule has 1 fully saturated rings. The van der Waals surface area contributed by atoms with E-state index >= 15 is 0 Å². The summed E-state index contributed by atoms with van der Waals surface area (Å²) in [7, 11) is 0. The Hall–Kier alpha value is -2.14. The smallest absolute Gasteiger partial charge is 0.276 e. The predicted molar refractivity (Wildman–Crippen MR) is 76.9 cm³/mol. The van der Waals surface area contributed by atoms with Crippen molar-refractivity contribution in [2.24, 2.45) is 0 Å². The maximum absolute atomic E-state index is 12.6. The van der Waals surface area contributed by atoms with Crippen LogP contribution in [-0.2, 0) is 11.2 Å². The molecule has 0 aliphatic carbocycles. The summed E-state index contributed by atoms with van der Waals surface area (Å²) in [4.78, 5) is 14.4. The zero-order valence-electron chi connectivity index (χ0n) is 11.8. The molecule has 1 aromatic carbocycles. The summed E-state index contributed by atoms with van der Waals surface area (Å²) in [6, 6.07) is 11.9. The summed E-state index contributed by atoms with van der Waals surface area (Å²) in [6.07, 6.45) is 3.12. The first kappa shape index (κ1) is 13.8. The molecule has 0 bridgehead atoms. The van der Waals surface area contributed by atoms with Crippen LogP contribution in [0.25, 0.3) is 0 Å². The van der Waals surface area contributed by atoms with E-state index in [1.165, 1.54) is 11.8 Å². The molecule has 2 aromatic rings. The molecular formula is C16H18N2O3. The van der Waals surface area contributed by atoms with Crippen molar-refractivity contribution in [3.05, 3.63) is 53.9 Å². The van der Waals surface area contributed by atoms with Crippen LogP contribution in [0.5, 0.6) is 0 Å². The topological polar surface area (TPSA) is 55.6 Å². The Morgan fingerprint density at radius 2 is 2.14 bits per heavy atom. The molecule has 5 nitrogen and oxygen atoms in total. The Morgan fingerprint density at radius 1 is 1.29 bits per heavy atom. The van der Waals surface area contributed by atoms with Crippen LogP contribution in [0.1, 0.15) is 22.5 Å². The number of hydrogen-bond donors (Lipinski definition) is 0. The molecule has 5 heteroatoms. The quantitative estimate of drug-likeness (QED) is 0.845. The van der Waals surface area contributed by atoms with Gasteiger partial charge in [-0.2, -0.15) is 0 Å². The molecule has 1 amide bonds. The maximum Gasteiger partial charge on any atom is 0.276 e. The fourth-order valence-corrected chi connectivity index (χ4v) is 2.58. The minimum atomic E-state index is -0.0878. The SMILES string of the molecule is O=C(c1ccon1)N(CCc1ccccc1)C1CCOC1. The van der Waals surface area contributed by atoms with Gasteiger partial charge in [-0.15, -0.1) is 0 Å². The normalized spacial score (nSPS) is 17.8. The summed E-state index contributed by atoms with van der Waals surface area (Å²) >= 11 is 0. The summed E-state index contributed by atoms with van der Waals surface area (Å²) < 4.78 is 10.2. The van der Waals surface area contributed by atoms with E-state index in [1.807, 2.05) is 23.1 Å². The lowest BCUT2D eigenvalue weighted by Gasteiger charge is -2.27. The van der Waals surface area contributed by atoms with Crippen molar-refractivity contribution in [1.82, 2.24) is 10.1 Å². The highest BCUT2D eigenvalue weighted by Crippen LogP contribution is 2.16. The van der Waals surface area contributed by atoms with Gasteiger partial charge in [0.25, 0.3) is 5.91 Å². The number of aromatic nitrogens is 1. The average molecular weight is 286 g/mol. The standard InChI is InChI=1S/C16H18N2O3/c19-16(15-8-11-21-17-15)18(14-7-10-20-12-14)9-6-13-4-2-1-3-5-13/h1-5,8,11,14H,6-7,9-10,12H2. The number of carbonyl (C=O) groups is 1. The van der Waals surface area contributed by atoms with Gasteiger partial charge in [-0.25, -0.2) is 0 Å². The van der Waals surface area contributed by atoms with Crippen LogP contribution in [0.4, 0.5) is 0 Å². The lowest BCUT2D eigenvalue weighted by molar-refractivity contribution is 0.0646. The van der Waals surface area contributed by atoms with Crippen molar-refractivity contribution >= 4 is 5.91 Å². The van der Waals surface area contributed by atoms with Crippen LogP contribution < -0.4 is 0 Å². The molecular weight excluding hydrogens is 268 g/mol. The molecule has 1 aliphatic rings. The lowest BCUT2D eigenvalue weighted by atomic mass is 10.1. The molecule has 1 saturated heterocycles. The van der Waals surface area contributed by atoms with Gasteiger partial charge in [0.05, 0.1) is 12.6 Å². The molecule has 1 aliphatic heterocycles. The predicted octanol–water partition coefficient (Wildman–Crippen LogP) is 2.15. The van der Waals surface area contributed by atoms with Gasteiger partial charge in [0.1, 0.15) is 6.26 Å². The van der Waals surface area contributed by atoms with Gasteiger partial charge in [0.15, 0.2) is 5.69 Å². The minimum Gasteiger partial charge on any atom is -0.379 e. The van der Waals surface area contributed by atoms with E-state index in [2.05, 4.69) is 17.3 Å². The zero-order chi connectivity index (χ0) is 14.5. The summed E-state index contributed by atoms with van der Waals surface area (Å²) in [5.74, 6) is -0.0878. The Bertz CT molecular complexity index is 562. The fourth-order valence-electron chi connectivity index (χ4n) is 2.58. The monoisotopic (exact) mass is 286 g/mol. The molecule has 1 aromatic heterocycles. The van der Waals surface area contributed by atoms with E-state index in [9.17, 15) is 4.79 Å². The second-order valence-electron chi connectivity index (χ2n) is 5.14. The molecule has 2 heterocycles. The molecule has 3 rings (SSSR count). The van der Waals surface area contributed by atoms with Crippen molar-refractivity contribution in [3.8, 4) is 0 Å². The van der Waals surface area contributed by atoms with Crippen LogP contribution in [-0.4, -0.2) is 41.8 Å². The fraction of sp³-hybridized carbons (Fsp3) is 0.375. The molecule has 0 saturated carbocycles. The van der Waals surface area contributed by atoms with E-state index in [-0.39, 0.29) is 11.9 Å². The molecule has 1 atom stereocenters. The number of amides is 1. The molecule has 110 valence electrons. The highest BCUT2D eigenvalue weighted by molar-refractivity contribution is 5.92. The highest BCUT2D eigenvalue weighted by Gasteiger charge is 2.29. The first-order chi connectivity index (χ1) is 10.3. The zero-order valence-corrected chi connectivity index (χ0v) is 11.8. The lowest BCUT2D eigenvalue weighted by Crippen LogP contribution is -2.42. The second kappa shape index (κ2) is 6.54. The van der Waals surface area contributed by atoms with E-state index in [0.29, 0.717) is 25.5 Å². The van der Waals surface area contributed by atoms with Crippen molar-refractivity contribution < 1.29 is 14.1 Å². The number of rotatable bonds is 5. The van der Waals surface area contributed by atoms with Crippen molar-refractivity contribution in [1.29, 1.82) is 0 Å². The second-order valence-corrected chi connectivity index (χ2v) is 5.14. The maximum atomic E-state index is 12.6. The van der Waals surface area contributed by atoms with Crippen LogP contribution in [0.3, 0.4) is 0 Å². The summed E-state index contributed by atoms with van der Waals surface area (Å²) in [5, 5.41) is 3.76. The van der Waals surface area contributed by atoms with Gasteiger partial charge in [-0.3, -0.25) is 4.79 Å². The average Bonchev–Trinajstić information content (AvgIpc) is 3.22. The van der Waals surface area contributed by atoms with Gasteiger partial charge < -0.3 is 14.2 Å². The first-order valence-corrected chi connectivity index (χ1v) is 7.17. The van der Waals surface area contributed by atoms with Crippen molar-refractivity contribution in [3.63, 3.8) is 0 Å². The number of benzene rings is 1. The van der Waals surface area contributed by atoms with Crippen LogP contribution in [0.2, 0.25) is 0 Å². The van der Waals surface area contributed by atoms with Crippen molar-refractivity contribution in [2.75, 3.05) is 19.8 Å².